The van der Waals surface area contributed by atoms with Gasteiger partial charge in [-0.2, -0.15) is 0 Å². The van der Waals surface area contributed by atoms with Gasteiger partial charge in [-0.15, -0.1) is 11.3 Å². The predicted octanol–water partition coefficient (Wildman–Crippen LogP) is 2.81. The summed E-state index contributed by atoms with van der Waals surface area (Å²) in [7, 11) is 0. The average Bonchev–Trinajstić information content (AvgIpc) is 2.88. The molecule has 0 saturated carbocycles. The number of hydrogen-bond donors (Lipinski definition) is 3. The van der Waals surface area contributed by atoms with Crippen molar-refractivity contribution in [1.29, 1.82) is 0 Å². The lowest BCUT2D eigenvalue weighted by Crippen LogP contribution is -2.30. The Morgan fingerprint density at radius 1 is 1.15 bits per heavy atom. The molecule has 104 valence electrons. The van der Waals surface area contributed by atoms with Crippen LogP contribution in [0, 0.1) is 0 Å². The normalized spacial score (nSPS) is 10.0. The van der Waals surface area contributed by atoms with Gasteiger partial charge in [0.2, 0.25) is 0 Å². The molecule has 5 nitrogen and oxygen atoms in total. The predicted molar refractivity (Wildman–Crippen MR) is 78.4 cm³/mol. The lowest BCUT2D eigenvalue weighted by atomic mass is 10.1. The Morgan fingerprint density at radius 3 is 2.60 bits per heavy atom. The number of thiophene rings is 1. The monoisotopic (exact) mass is 290 g/mol. The van der Waals surface area contributed by atoms with E-state index in [4.69, 9.17) is 5.11 Å². The summed E-state index contributed by atoms with van der Waals surface area (Å²) < 4.78 is 0. The number of carbonyl (C=O) groups excluding carboxylic acids is 1. The average molecular weight is 290 g/mol. The van der Waals surface area contributed by atoms with Gasteiger partial charge in [0, 0.05) is 6.54 Å². The van der Waals surface area contributed by atoms with Crippen LogP contribution in [0.15, 0.2) is 41.8 Å². The second kappa shape index (κ2) is 6.72. The third-order valence-corrected chi connectivity index (χ3v) is 3.55. The maximum Gasteiger partial charge on any atom is 0.348 e. The van der Waals surface area contributed by atoms with Gasteiger partial charge in [-0.25, -0.2) is 9.59 Å². The van der Waals surface area contributed by atoms with E-state index in [2.05, 4.69) is 10.6 Å². The number of anilines is 1. The van der Waals surface area contributed by atoms with Crippen molar-refractivity contribution in [2.45, 2.75) is 6.42 Å². The molecule has 0 aliphatic carbocycles. The van der Waals surface area contributed by atoms with Crippen LogP contribution in [-0.4, -0.2) is 23.7 Å². The van der Waals surface area contributed by atoms with E-state index in [-0.39, 0.29) is 4.88 Å². The molecule has 0 atom stereocenters. The molecular weight excluding hydrogens is 276 g/mol. The Balaban J connectivity index is 1.81. The van der Waals surface area contributed by atoms with Gasteiger partial charge >= 0.3 is 12.0 Å². The van der Waals surface area contributed by atoms with Crippen molar-refractivity contribution in [1.82, 2.24) is 5.32 Å². The molecular formula is C14H14N2O3S. The number of carbonyl (C=O) groups is 2. The largest absolute Gasteiger partial charge is 0.477 e. The molecule has 0 aliphatic rings. The van der Waals surface area contributed by atoms with Crippen molar-refractivity contribution in [2.75, 3.05) is 11.9 Å². The standard InChI is InChI=1S/C14H14N2O3S/c17-13(18)12-11(7-9-20-12)16-14(19)15-8-6-10-4-2-1-3-5-10/h1-5,7,9H,6,8H2,(H,17,18)(H2,15,16,19). The van der Waals surface area contributed by atoms with Gasteiger partial charge in [0.1, 0.15) is 4.88 Å². The van der Waals surface area contributed by atoms with E-state index >= 15 is 0 Å². The maximum atomic E-state index is 11.7. The van der Waals surface area contributed by atoms with Gasteiger partial charge in [-0.05, 0) is 23.4 Å². The Labute approximate surface area is 120 Å². The van der Waals surface area contributed by atoms with Crippen molar-refractivity contribution >= 4 is 29.0 Å². The fourth-order valence-electron chi connectivity index (χ4n) is 1.70. The molecule has 1 aromatic carbocycles. The molecule has 0 saturated heterocycles. The first kappa shape index (κ1) is 14.1. The van der Waals surface area contributed by atoms with Crippen molar-refractivity contribution < 1.29 is 14.7 Å². The summed E-state index contributed by atoms with van der Waals surface area (Å²) in [6.45, 7) is 0.488. The Morgan fingerprint density at radius 2 is 1.90 bits per heavy atom. The minimum absolute atomic E-state index is 0.128. The topological polar surface area (TPSA) is 78.4 Å². The van der Waals surface area contributed by atoms with Crippen molar-refractivity contribution in [3.63, 3.8) is 0 Å². The lowest BCUT2D eigenvalue weighted by molar-refractivity contribution is 0.0703. The van der Waals surface area contributed by atoms with Crippen molar-refractivity contribution in [3.05, 3.63) is 52.2 Å². The number of benzene rings is 1. The molecule has 0 bridgehead atoms. The summed E-state index contributed by atoms with van der Waals surface area (Å²) in [5.41, 5.74) is 1.45. The first-order chi connectivity index (χ1) is 9.66. The van der Waals surface area contributed by atoms with Gasteiger partial charge in [-0.1, -0.05) is 30.3 Å². The van der Waals surface area contributed by atoms with Gasteiger partial charge < -0.3 is 15.7 Å². The summed E-state index contributed by atoms with van der Waals surface area (Å²) >= 11 is 1.08. The molecule has 1 aromatic heterocycles. The third-order valence-electron chi connectivity index (χ3n) is 2.65. The fourth-order valence-corrected chi connectivity index (χ4v) is 2.39. The SMILES string of the molecule is O=C(NCCc1ccccc1)Nc1ccsc1C(=O)O. The van der Waals surface area contributed by atoms with E-state index in [1.54, 1.807) is 11.4 Å². The highest BCUT2D eigenvalue weighted by atomic mass is 32.1. The van der Waals surface area contributed by atoms with E-state index in [1.807, 2.05) is 30.3 Å². The first-order valence-corrected chi connectivity index (χ1v) is 6.94. The Hall–Kier alpha value is -2.34. The number of carboxylic acids is 1. The van der Waals surface area contributed by atoms with Crippen molar-refractivity contribution in [2.24, 2.45) is 0 Å². The van der Waals surface area contributed by atoms with Gasteiger partial charge in [-0.3, -0.25) is 0 Å². The highest BCUT2D eigenvalue weighted by Crippen LogP contribution is 2.21. The van der Waals surface area contributed by atoms with Crippen LogP contribution in [0.2, 0.25) is 0 Å². The number of hydrogen-bond acceptors (Lipinski definition) is 3. The van der Waals surface area contributed by atoms with E-state index in [9.17, 15) is 9.59 Å². The van der Waals surface area contributed by atoms with Gasteiger partial charge in [0.15, 0.2) is 0 Å². The van der Waals surface area contributed by atoms with Crippen LogP contribution in [0.25, 0.3) is 0 Å². The summed E-state index contributed by atoms with van der Waals surface area (Å²) in [6, 6.07) is 11.0. The summed E-state index contributed by atoms with van der Waals surface area (Å²) in [5.74, 6) is -1.04. The third kappa shape index (κ3) is 3.83. The van der Waals surface area contributed by atoms with Crippen LogP contribution in [0.4, 0.5) is 10.5 Å². The van der Waals surface area contributed by atoms with Crippen molar-refractivity contribution in [3.8, 4) is 0 Å². The highest BCUT2D eigenvalue weighted by molar-refractivity contribution is 7.12. The maximum absolute atomic E-state index is 11.7. The number of amides is 2. The van der Waals surface area contributed by atoms with Crippen LogP contribution in [0.3, 0.4) is 0 Å². The quantitative estimate of drug-likeness (QED) is 0.792. The molecule has 0 fully saturated rings. The number of nitrogens with one attached hydrogen (secondary N) is 2. The zero-order valence-corrected chi connectivity index (χ0v) is 11.4. The molecule has 3 N–H and O–H groups in total. The molecule has 2 aromatic rings. The summed E-state index contributed by atoms with van der Waals surface area (Å²) in [5, 5.41) is 15.8. The van der Waals surface area contributed by atoms with E-state index in [0.717, 1.165) is 23.3 Å². The minimum atomic E-state index is -1.04. The number of carboxylic acid groups (broad SMARTS) is 1. The van der Waals surface area contributed by atoms with Crippen LogP contribution in [0.1, 0.15) is 15.2 Å². The van der Waals surface area contributed by atoms with Crippen LogP contribution >= 0.6 is 11.3 Å². The van der Waals surface area contributed by atoms with Gasteiger partial charge in [0.05, 0.1) is 5.69 Å². The molecule has 2 rings (SSSR count). The molecule has 6 heteroatoms. The first-order valence-electron chi connectivity index (χ1n) is 6.06. The van der Waals surface area contributed by atoms with Gasteiger partial charge in [0.25, 0.3) is 0 Å². The zero-order chi connectivity index (χ0) is 14.4. The zero-order valence-electron chi connectivity index (χ0n) is 10.6. The Bertz CT molecular complexity index is 595. The van der Waals surface area contributed by atoms with E-state index in [1.165, 1.54) is 0 Å². The fraction of sp³-hybridized carbons (Fsp3) is 0.143. The lowest BCUT2D eigenvalue weighted by Gasteiger charge is -2.07. The van der Waals surface area contributed by atoms with E-state index in [0.29, 0.717) is 12.2 Å². The molecule has 0 unspecified atom stereocenters. The summed E-state index contributed by atoms with van der Waals surface area (Å²) in [4.78, 5) is 22.7. The molecule has 0 radical (unpaired) electrons. The molecule has 1 heterocycles. The Kier molecular flexibility index (Phi) is 4.73. The van der Waals surface area contributed by atoms with Crippen LogP contribution in [-0.2, 0) is 6.42 Å². The number of urea groups is 1. The van der Waals surface area contributed by atoms with Crippen LogP contribution < -0.4 is 10.6 Å². The smallest absolute Gasteiger partial charge is 0.348 e. The second-order valence-corrected chi connectivity index (χ2v) is 5.00. The number of aromatic carboxylic acids is 1. The molecule has 0 aliphatic heterocycles. The molecule has 2 amide bonds. The molecule has 20 heavy (non-hydrogen) atoms. The molecule has 0 spiro atoms. The second-order valence-electron chi connectivity index (χ2n) is 4.09. The van der Waals surface area contributed by atoms with E-state index < -0.39 is 12.0 Å². The summed E-state index contributed by atoms with van der Waals surface area (Å²) in [6.07, 6.45) is 0.726. The number of rotatable bonds is 5. The minimum Gasteiger partial charge on any atom is -0.477 e. The highest BCUT2D eigenvalue weighted by Gasteiger charge is 2.13. The van der Waals surface area contributed by atoms with Crippen LogP contribution in [0.5, 0.6) is 0 Å².